The van der Waals surface area contributed by atoms with E-state index in [0.717, 1.165) is 0 Å². The molecule has 12 heteroatoms. The summed E-state index contributed by atoms with van der Waals surface area (Å²) in [5.74, 6) is 0.355. The predicted octanol–water partition coefficient (Wildman–Crippen LogP) is 2.66. The molecule has 0 aliphatic carbocycles. The highest BCUT2D eigenvalue weighted by atomic mass is 35.5. The molecular formula is C14H9Cl2N9O. The van der Waals surface area contributed by atoms with Gasteiger partial charge in [0.05, 0.1) is 47.4 Å². The van der Waals surface area contributed by atoms with Crippen molar-refractivity contribution in [2.75, 3.05) is 10.6 Å². The van der Waals surface area contributed by atoms with Crippen LogP contribution in [0.1, 0.15) is 0 Å². The van der Waals surface area contributed by atoms with Gasteiger partial charge in [-0.25, -0.2) is 19.3 Å². The monoisotopic (exact) mass is 389 g/mol. The van der Waals surface area contributed by atoms with Crippen molar-refractivity contribution in [3.05, 3.63) is 53.3 Å². The van der Waals surface area contributed by atoms with Gasteiger partial charge in [0.25, 0.3) is 0 Å². The maximum atomic E-state index is 12.1. The molecule has 0 fully saturated rings. The molecular weight excluding hydrogens is 381 g/mol. The molecule has 2 amide bonds. The number of fused-ring (bicyclic) bond motifs is 1. The van der Waals surface area contributed by atoms with Crippen LogP contribution in [0.2, 0.25) is 10.2 Å². The van der Waals surface area contributed by atoms with Gasteiger partial charge in [-0.3, -0.25) is 0 Å². The Morgan fingerprint density at radius 2 is 1.73 bits per heavy atom. The van der Waals surface area contributed by atoms with E-state index in [9.17, 15) is 4.79 Å². The minimum Gasteiger partial charge on any atom is -0.306 e. The zero-order valence-electron chi connectivity index (χ0n) is 12.8. The van der Waals surface area contributed by atoms with Crippen molar-refractivity contribution in [1.29, 1.82) is 0 Å². The van der Waals surface area contributed by atoms with Crippen LogP contribution in [0.3, 0.4) is 0 Å². The Morgan fingerprint density at radius 3 is 2.46 bits per heavy atom. The molecule has 0 spiro atoms. The van der Waals surface area contributed by atoms with E-state index >= 15 is 0 Å². The molecule has 0 aliphatic heterocycles. The molecule has 0 unspecified atom stereocenters. The van der Waals surface area contributed by atoms with Crippen LogP contribution in [-0.4, -0.2) is 40.6 Å². The molecule has 0 aliphatic rings. The molecule has 0 atom stereocenters. The van der Waals surface area contributed by atoms with Crippen LogP contribution >= 0.6 is 23.2 Å². The molecule has 0 saturated carbocycles. The van der Waals surface area contributed by atoms with E-state index < -0.39 is 6.03 Å². The molecule has 0 bridgehead atoms. The number of imidazole rings is 1. The summed E-state index contributed by atoms with van der Waals surface area (Å²) in [6, 6.07) is 2.69. The second-order valence-corrected chi connectivity index (χ2v) is 5.83. The maximum absolute atomic E-state index is 12.1. The lowest BCUT2D eigenvalue weighted by molar-refractivity contribution is 0.262. The van der Waals surface area contributed by atoms with E-state index in [-0.39, 0.29) is 5.02 Å². The molecule has 130 valence electrons. The fourth-order valence-corrected chi connectivity index (χ4v) is 2.60. The average molecular weight is 390 g/mol. The number of anilines is 2. The van der Waals surface area contributed by atoms with E-state index in [1.165, 1.54) is 34.1 Å². The van der Waals surface area contributed by atoms with Gasteiger partial charge in [-0.05, 0) is 6.07 Å². The molecule has 4 heterocycles. The van der Waals surface area contributed by atoms with Crippen molar-refractivity contribution in [2.45, 2.75) is 0 Å². The van der Waals surface area contributed by atoms with Crippen LogP contribution in [0.25, 0.3) is 11.5 Å². The molecule has 0 saturated heterocycles. The Bertz CT molecular complexity index is 1090. The van der Waals surface area contributed by atoms with Crippen molar-refractivity contribution in [1.82, 2.24) is 34.6 Å². The molecule has 0 radical (unpaired) electrons. The zero-order chi connectivity index (χ0) is 18.1. The minimum atomic E-state index is -0.489. The van der Waals surface area contributed by atoms with E-state index in [2.05, 4.69) is 35.9 Å². The first kappa shape index (κ1) is 16.2. The smallest absolute Gasteiger partial charge is 0.306 e. The van der Waals surface area contributed by atoms with Crippen molar-refractivity contribution in [2.24, 2.45) is 0 Å². The summed E-state index contributed by atoms with van der Waals surface area (Å²) in [4.78, 5) is 21.6. The van der Waals surface area contributed by atoms with Crippen LogP contribution in [0.15, 0.2) is 43.1 Å². The van der Waals surface area contributed by atoms with Gasteiger partial charge in [0.2, 0.25) is 0 Å². The van der Waals surface area contributed by atoms with Crippen molar-refractivity contribution >= 4 is 46.3 Å². The van der Waals surface area contributed by atoms with Crippen molar-refractivity contribution in [3.8, 4) is 5.82 Å². The number of urea groups is 1. The number of amides is 2. The SMILES string of the molecule is O=C(Nc1cnc(-n2nccn2)c(Cl)c1)Nc1cnn2cc(Cl)nc2c1. The van der Waals surface area contributed by atoms with Gasteiger partial charge < -0.3 is 10.6 Å². The van der Waals surface area contributed by atoms with Crippen molar-refractivity contribution in [3.63, 3.8) is 0 Å². The lowest BCUT2D eigenvalue weighted by Crippen LogP contribution is -2.20. The second-order valence-electron chi connectivity index (χ2n) is 5.04. The van der Waals surface area contributed by atoms with E-state index in [0.29, 0.717) is 28.0 Å². The van der Waals surface area contributed by atoms with Crippen LogP contribution in [0.4, 0.5) is 16.2 Å². The molecule has 10 nitrogen and oxygen atoms in total. The van der Waals surface area contributed by atoms with E-state index in [1.807, 2.05) is 0 Å². The standard InChI is InChI=1S/C14H9Cl2N9O/c15-10-3-8(5-17-13(10)25-18-1-2-19-25)21-14(26)22-9-4-12-23-11(16)7-24(12)20-6-9/h1-7H,(H2,21,22,26). The summed E-state index contributed by atoms with van der Waals surface area (Å²) < 4.78 is 1.50. The third-order valence-electron chi connectivity index (χ3n) is 3.24. The normalized spacial score (nSPS) is 10.8. The highest BCUT2D eigenvalue weighted by Gasteiger charge is 2.10. The van der Waals surface area contributed by atoms with Gasteiger partial charge in [0, 0.05) is 6.07 Å². The minimum absolute atomic E-state index is 0.286. The lowest BCUT2D eigenvalue weighted by Gasteiger charge is -2.09. The molecule has 4 aromatic heterocycles. The maximum Gasteiger partial charge on any atom is 0.323 e. The van der Waals surface area contributed by atoms with Gasteiger partial charge >= 0.3 is 6.03 Å². The van der Waals surface area contributed by atoms with Gasteiger partial charge in [0.15, 0.2) is 11.5 Å². The molecule has 26 heavy (non-hydrogen) atoms. The predicted molar refractivity (Wildman–Crippen MR) is 94.8 cm³/mol. The number of aromatic nitrogens is 7. The number of hydrogen-bond acceptors (Lipinski definition) is 6. The fraction of sp³-hybridized carbons (Fsp3) is 0. The van der Waals surface area contributed by atoms with Gasteiger partial charge in [-0.1, -0.05) is 23.2 Å². The number of carbonyl (C=O) groups is 1. The zero-order valence-corrected chi connectivity index (χ0v) is 14.3. The Morgan fingerprint density at radius 1 is 1.00 bits per heavy atom. The van der Waals surface area contributed by atoms with E-state index in [4.69, 9.17) is 23.2 Å². The van der Waals surface area contributed by atoms with Crippen LogP contribution in [0.5, 0.6) is 0 Å². The Kier molecular flexibility index (Phi) is 4.11. The van der Waals surface area contributed by atoms with E-state index in [1.54, 1.807) is 18.3 Å². The summed E-state index contributed by atoms with van der Waals surface area (Å²) in [7, 11) is 0. The first-order valence-corrected chi connectivity index (χ1v) is 7.95. The number of hydrogen-bond donors (Lipinski definition) is 2. The summed E-state index contributed by atoms with van der Waals surface area (Å²) in [5.41, 5.74) is 1.36. The Hall–Kier alpha value is -3.24. The highest BCUT2D eigenvalue weighted by Crippen LogP contribution is 2.21. The first-order valence-electron chi connectivity index (χ1n) is 7.20. The largest absolute Gasteiger partial charge is 0.323 e. The first-order chi connectivity index (χ1) is 12.6. The molecule has 4 aromatic rings. The third-order valence-corrected chi connectivity index (χ3v) is 3.70. The highest BCUT2D eigenvalue weighted by molar-refractivity contribution is 6.32. The van der Waals surface area contributed by atoms with Gasteiger partial charge in [0.1, 0.15) is 5.15 Å². The summed E-state index contributed by atoms with van der Waals surface area (Å²) in [5, 5.41) is 17.9. The number of pyridine rings is 1. The van der Waals surface area contributed by atoms with Crippen LogP contribution in [-0.2, 0) is 0 Å². The number of nitrogens with one attached hydrogen (secondary N) is 2. The number of halogens is 2. The molecule has 2 N–H and O–H groups in total. The second kappa shape index (κ2) is 6.58. The molecule has 0 aromatic carbocycles. The summed E-state index contributed by atoms with van der Waals surface area (Å²) >= 11 is 12.0. The lowest BCUT2D eigenvalue weighted by atomic mass is 10.4. The van der Waals surface area contributed by atoms with Gasteiger partial charge in [-0.15, -0.1) is 4.80 Å². The average Bonchev–Trinajstić information content (AvgIpc) is 3.23. The number of rotatable bonds is 3. The fourth-order valence-electron chi connectivity index (χ4n) is 2.18. The van der Waals surface area contributed by atoms with Crippen molar-refractivity contribution < 1.29 is 4.79 Å². The van der Waals surface area contributed by atoms with Crippen LogP contribution in [0, 0.1) is 0 Å². The number of nitrogens with zero attached hydrogens (tertiary/aromatic N) is 7. The number of carbonyl (C=O) groups excluding carboxylic acids is 1. The third kappa shape index (κ3) is 3.27. The quantitative estimate of drug-likeness (QED) is 0.556. The summed E-state index contributed by atoms with van der Waals surface area (Å²) in [6.07, 6.45) is 7.50. The topological polar surface area (TPSA) is 115 Å². The molecule has 4 rings (SSSR count). The Labute approximate surface area is 155 Å². The van der Waals surface area contributed by atoms with Gasteiger partial charge in [-0.2, -0.15) is 15.3 Å². The van der Waals surface area contributed by atoms with Crippen LogP contribution < -0.4 is 10.6 Å². The summed E-state index contributed by atoms with van der Waals surface area (Å²) in [6.45, 7) is 0. The Balaban J connectivity index is 1.48.